The minimum Gasteiger partial charge on any atom is -0.238 e. The summed E-state index contributed by atoms with van der Waals surface area (Å²) >= 11 is 0. The van der Waals surface area contributed by atoms with Gasteiger partial charge in [0.15, 0.2) is 0 Å². The van der Waals surface area contributed by atoms with Crippen molar-refractivity contribution in [1.82, 2.24) is 0 Å². The number of aliphatic imine (C=N–C) groups is 2. The lowest BCUT2D eigenvalue weighted by Gasteiger charge is -2.10. The van der Waals surface area contributed by atoms with E-state index in [1.54, 1.807) is 0 Å². The zero-order valence-electron chi connectivity index (χ0n) is 18.5. The van der Waals surface area contributed by atoms with Gasteiger partial charge in [0.2, 0.25) is 0 Å². The first-order valence-electron chi connectivity index (χ1n) is 10.7. The minimum absolute atomic E-state index is 0.683. The largest absolute Gasteiger partial charge is 0.238 e. The fourth-order valence-corrected chi connectivity index (χ4v) is 3.74. The maximum Gasteiger partial charge on any atom is 0.126 e. The third kappa shape index (κ3) is 4.98. The van der Waals surface area contributed by atoms with Gasteiger partial charge < -0.3 is 0 Å². The van der Waals surface area contributed by atoms with E-state index in [0.29, 0.717) is 11.5 Å². The smallest absolute Gasteiger partial charge is 0.126 e. The van der Waals surface area contributed by atoms with Gasteiger partial charge in [-0.2, -0.15) is 0 Å². The highest BCUT2D eigenvalue weighted by Crippen LogP contribution is 2.25. The van der Waals surface area contributed by atoms with Gasteiger partial charge in [0.05, 0.1) is 5.70 Å². The topological polar surface area (TPSA) is 24.7 Å². The molecule has 0 aromatic heterocycles. The highest BCUT2D eigenvalue weighted by atomic mass is 14.9. The molecule has 156 valence electrons. The van der Waals surface area contributed by atoms with Gasteiger partial charge in [-0.25, -0.2) is 9.98 Å². The third-order valence-corrected chi connectivity index (χ3v) is 5.35. The van der Waals surface area contributed by atoms with Gasteiger partial charge in [-0.05, 0) is 41.7 Å². The van der Waals surface area contributed by atoms with Crippen molar-refractivity contribution in [1.29, 1.82) is 0 Å². The Hall–Kier alpha value is -4.04. The van der Waals surface area contributed by atoms with E-state index in [-0.39, 0.29) is 0 Å². The molecule has 2 heteroatoms. The summed E-state index contributed by atoms with van der Waals surface area (Å²) in [5, 5.41) is 0. The predicted octanol–water partition coefficient (Wildman–Crippen LogP) is 7.92. The van der Waals surface area contributed by atoms with Crippen LogP contribution in [-0.2, 0) is 0 Å². The molecule has 4 aromatic rings. The molecule has 0 unspecified atom stereocenters. The van der Waals surface area contributed by atoms with Crippen LogP contribution in [0.3, 0.4) is 0 Å². The molecule has 0 aliphatic rings. The maximum atomic E-state index is 4.77. The standard InChI is InChI=1S/C30H26N2/c1-22(25-18-20-27(21-19-25)26-12-6-4-7-13-26)31-24(3)32-23(2)29-16-10-11-17-30(29)28-14-8-5-9-15-28/h4-21H,1H2,2-3H3. The van der Waals surface area contributed by atoms with E-state index >= 15 is 0 Å². The van der Waals surface area contributed by atoms with Crippen molar-refractivity contribution < 1.29 is 0 Å². The predicted molar refractivity (Wildman–Crippen MR) is 138 cm³/mol. The fourth-order valence-electron chi connectivity index (χ4n) is 3.74. The average molecular weight is 415 g/mol. The van der Waals surface area contributed by atoms with Crippen LogP contribution in [0.25, 0.3) is 28.0 Å². The van der Waals surface area contributed by atoms with E-state index in [1.165, 1.54) is 16.7 Å². The Bertz CT molecular complexity index is 1270. The Morgan fingerprint density at radius 2 is 1.09 bits per heavy atom. The molecule has 0 heterocycles. The van der Waals surface area contributed by atoms with Gasteiger partial charge in [0, 0.05) is 11.3 Å². The molecule has 0 fully saturated rings. The van der Waals surface area contributed by atoms with E-state index in [0.717, 1.165) is 22.4 Å². The van der Waals surface area contributed by atoms with E-state index in [9.17, 15) is 0 Å². The molecule has 0 spiro atoms. The number of hydrogen-bond donors (Lipinski definition) is 0. The minimum atomic E-state index is 0.683. The molecule has 0 N–H and O–H groups in total. The molecular formula is C30H26N2. The number of rotatable bonds is 5. The molecule has 0 atom stereocenters. The van der Waals surface area contributed by atoms with Crippen molar-refractivity contribution in [3.63, 3.8) is 0 Å². The van der Waals surface area contributed by atoms with Crippen molar-refractivity contribution in [3.8, 4) is 22.3 Å². The first-order chi connectivity index (χ1) is 15.6. The summed E-state index contributed by atoms with van der Waals surface area (Å²) < 4.78 is 0. The van der Waals surface area contributed by atoms with Crippen molar-refractivity contribution in [2.45, 2.75) is 13.8 Å². The first kappa shape index (κ1) is 21.2. The summed E-state index contributed by atoms with van der Waals surface area (Å²) in [6, 6.07) is 37.4. The van der Waals surface area contributed by atoms with E-state index in [4.69, 9.17) is 4.99 Å². The second kappa shape index (κ2) is 9.84. The van der Waals surface area contributed by atoms with Crippen molar-refractivity contribution in [2.75, 3.05) is 0 Å². The molecule has 0 radical (unpaired) electrons. The Labute approximate surface area is 190 Å². The molecule has 2 nitrogen and oxygen atoms in total. The number of nitrogens with zero attached hydrogens (tertiary/aromatic N) is 2. The van der Waals surface area contributed by atoms with Crippen molar-refractivity contribution >= 4 is 17.2 Å². The van der Waals surface area contributed by atoms with Gasteiger partial charge in [-0.15, -0.1) is 0 Å². The summed E-state index contributed by atoms with van der Waals surface area (Å²) in [7, 11) is 0. The SMILES string of the molecule is C=C(N=C(C)N=C(C)c1ccccc1-c1ccccc1)c1ccc(-c2ccccc2)cc1. The zero-order chi connectivity index (χ0) is 22.3. The third-order valence-electron chi connectivity index (χ3n) is 5.35. The van der Waals surface area contributed by atoms with Crippen molar-refractivity contribution in [3.05, 3.63) is 127 Å². The van der Waals surface area contributed by atoms with Gasteiger partial charge in [0.25, 0.3) is 0 Å². The fraction of sp³-hybridized carbons (Fsp3) is 0.0667. The molecule has 4 rings (SSSR count). The molecule has 4 aromatic carbocycles. The molecule has 0 saturated heterocycles. The van der Waals surface area contributed by atoms with Crippen LogP contribution in [-0.4, -0.2) is 11.5 Å². The Balaban J connectivity index is 1.55. The van der Waals surface area contributed by atoms with Crippen LogP contribution in [0.4, 0.5) is 0 Å². The second-order valence-electron chi connectivity index (χ2n) is 7.66. The Kier molecular flexibility index (Phi) is 6.52. The van der Waals surface area contributed by atoms with Crippen LogP contribution in [0.5, 0.6) is 0 Å². The quantitative estimate of drug-likeness (QED) is 0.234. The summed E-state index contributed by atoms with van der Waals surface area (Å²) in [5.74, 6) is 0.683. The van der Waals surface area contributed by atoms with Crippen LogP contribution < -0.4 is 0 Å². The summed E-state index contributed by atoms with van der Waals surface area (Å²) in [6.07, 6.45) is 0. The summed E-state index contributed by atoms with van der Waals surface area (Å²) in [6.45, 7) is 8.10. The zero-order valence-corrected chi connectivity index (χ0v) is 18.5. The van der Waals surface area contributed by atoms with Gasteiger partial charge in [0.1, 0.15) is 5.84 Å². The molecule has 0 aliphatic heterocycles. The second-order valence-corrected chi connectivity index (χ2v) is 7.66. The molecule has 32 heavy (non-hydrogen) atoms. The normalized spacial score (nSPS) is 11.9. The lowest BCUT2D eigenvalue weighted by Crippen LogP contribution is -2.01. The molecular weight excluding hydrogens is 388 g/mol. The van der Waals surface area contributed by atoms with Crippen LogP contribution in [0.15, 0.2) is 126 Å². The molecule has 0 saturated carbocycles. The maximum absolute atomic E-state index is 4.77. The molecule has 0 amide bonds. The molecule has 0 aliphatic carbocycles. The first-order valence-corrected chi connectivity index (χ1v) is 10.7. The molecule has 0 bridgehead atoms. The Morgan fingerprint density at radius 1 is 0.562 bits per heavy atom. The van der Waals surface area contributed by atoms with Gasteiger partial charge in [-0.1, -0.05) is 116 Å². The average Bonchev–Trinajstić information content (AvgIpc) is 2.85. The van der Waals surface area contributed by atoms with E-state index < -0.39 is 0 Å². The van der Waals surface area contributed by atoms with Crippen LogP contribution in [0.1, 0.15) is 25.0 Å². The van der Waals surface area contributed by atoms with Crippen LogP contribution >= 0.6 is 0 Å². The highest BCUT2D eigenvalue weighted by molar-refractivity contribution is 6.10. The monoisotopic (exact) mass is 414 g/mol. The summed E-state index contributed by atoms with van der Waals surface area (Å²) in [4.78, 5) is 9.42. The number of hydrogen-bond acceptors (Lipinski definition) is 1. The van der Waals surface area contributed by atoms with E-state index in [1.807, 2.05) is 44.2 Å². The lowest BCUT2D eigenvalue weighted by molar-refractivity contribution is 1.43. The van der Waals surface area contributed by atoms with Gasteiger partial charge >= 0.3 is 0 Å². The number of benzene rings is 4. The van der Waals surface area contributed by atoms with Crippen LogP contribution in [0, 0.1) is 0 Å². The van der Waals surface area contributed by atoms with Crippen LogP contribution in [0.2, 0.25) is 0 Å². The summed E-state index contributed by atoms with van der Waals surface area (Å²) in [5.41, 5.74) is 8.43. The Morgan fingerprint density at radius 3 is 1.75 bits per heavy atom. The van der Waals surface area contributed by atoms with E-state index in [2.05, 4.69) is 90.4 Å². The highest BCUT2D eigenvalue weighted by Gasteiger charge is 2.07. The number of amidine groups is 1. The lowest BCUT2D eigenvalue weighted by atomic mass is 9.97. The van der Waals surface area contributed by atoms with Crippen molar-refractivity contribution in [2.24, 2.45) is 9.98 Å². The van der Waals surface area contributed by atoms with Gasteiger partial charge in [-0.3, -0.25) is 0 Å².